The van der Waals surface area contributed by atoms with Gasteiger partial charge in [0.25, 0.3) is 0 Å². The minimum atomic E-state index is -0.833. The van der Waals surface area contributed by atoms with Crippen molar-refractivity contribution in [2.24, 2.45) is 0 Å². The van der Waals surface area contributed by atoms with Crippen LogP contribution in [0.1, 0.15) is 220 Å². The smallest absolute Gasteiger partial charge is 0.306 e. The second kappa shape index (κ2) is 53.4. The summed E-state index contributed by atoms with van der Waals surface area (Å²) in [6.07, 6.45) is 73.3. The topological polar surface area (TPSA) is 78.9 Å². The van der Waals surface area contributed by atoms with E-state index in [1.54, 1.807) is 0 Å². The largest absolute Gasteiger partial charge is 0.462 e. The number of allylic oxidation sites excluding steroid dienone is 20. The monoisotopic (exact) mass is 913 g/mol. The molecule has 0 aromatic rings. The number of carbonyl (C=O) groups excluding carboxylic acids is 3. The molecule has 0 radical (unpaired) electrons. The van der Waals surface area contributed by atoms with Gasteiger partial charge in [0.1, 0.15) is 13.2 Å². The van der Waals surface area contributed by atoms with Crippen molar-refractivity contribution in [1.82, 2.24) is 0 Å². The zero-order valence-corrected chi connectivity index (χ0v) is 42.4. The molecule has 0 aliphatic rings. The van der Waals surface area contributed by atoms with Gasteiger partial charge in [0.05, 0.1) is 0 Å². The molecule has 0 rings (SSSR count). The van der Waals surface area contributed by atoms with E-state index in [4.69, 9.17) is 14.2 Å². The van der Waals surface area contributed by atoms with E-state index < -0.39 is 6.10 Å². The molecule has 0 aliphatic carbocycles. The molecule has 0 N–H and O–H groups in total. The molecule has 0 saturated heterocycles. The fourth-order valence-electron chi connectivity index (χ4n) is 6.79. The third kappa shape index (κ3) is 50.8. The fraction of sp³-hybridized carbons (Fsp3) is 0.617. The summed E-state index contributed by atoms with van der Waals surface area (Å²) in [5.74, 6) is -1.04. The van der Waals surface area contributed by atoms with Crippen molar-refractivity contribution in [1.29, 1.82) is 0 Å². The molecular formula is C60H96O6. The lowest BCUT2D eigenvalue weighted by Crippen LogP contribution is -2.30. The van der Waals surface area contributed by atoms with Gasteiger partial charge in [-0.1, -0.05) is 219 Å². The summed E-state index contributed by atoms with van der Waals surface area (Å²) in [6.45, 7) is 6.35. The van der Waals surface area contributed by atoms with Gasteiger partial charge >= 0.3 is 17.9 Å². The maximum Gasteiger partial charge on any atom is 0.306 e. The van der Waals surface area contributed by atoms with Gasteiger partial charge in [-0.2, -0.15) is 0 Å². The van der Waals surface area contributed by atoms with E-state index in [9.17, 15) is 14.4 Å². The number of unbranched alkanes of at least 4 members (excludes halogenated alkanes) is 19. The van der Waals surface area contributed by atoms with E-state index in [2.05, 4.69) is 106 Å². The van der Waals surface area contributed by atoms with E-state index in [1.807, 2.05) is 36.5 Å². The van der Waals surface area contributed by atoms with Crippen LogP contribution in [0.25, 0.3) is 0 Å². The van der Waals surface area contributed by atoms with Crippen LogP contribution in [0.3, 0.4) is 0 Å². The van der Waals surface area contributed by atoms with E-state index in [0.717, 1.165) is 96.3 Å². The number of esters is 3. The summed E-state index contributed by atoms with van der Waals surface area (Å²) in [5, 5.41) is 0. The van der Waals surface area contributed by atoms with Crippen LogP contribution in [0.2, 0.25) is 0 Å². The van der Waals surface area contributed by atoms with Gasteiger partial charge in [-0.3, -0.25) is 14.4 Å². The normalized spacial score (nSPS) is 13.1. The molecule has 372 valence electrons. The lowest BCUT2D eigenvalue weighted by Gasteiger charge is -2.18. The Morgan fingerprint density at radius 3 is 1.17 bits per heavy atom. The van der Waals surface area contributed by atoms with Crippen LogP contribution in [0.5, 0.6) is 0 Å². The number of hydrogen-bond donors (Lipinski definition) is 0. The first-order valence-electron chi connectivity index (χ1n) is 26.6. The lowest BCUT2D eigenvalue weighted by molar-refractivity contribution is -0.167. The second-order valence-corrected chi connectivity index (χ2v) is 17.2. The summed E-state index contributed by atoms with van der Waals surface area (Å²) in [5.41, 5.74) is 0. The predicted octanol–water partition coefficient (Wildman–Crippen LogP) is 17.7. The Hall–Kier alpha value is -4.19. The van der Waals surface area contributed by atoms with Crippen molar-refractivity contribution in [3.05, 3.63) is 122 Å². The van der Waals surface area contributed by atoms with Crippen LogP contribution in [0.15, 0.2) is 122 Å². The van der Waals surface area contributed by atoms with Gasteiger partial charge < -0.3 is 14.2 Å². The highest BCUT2D eigenvalue weighted by atomic mass is 16.6. The number of carbonyl (C=O) groups is 3. The average molecular weight is 913 g/mol. The van der Waals surface area contributed by atoms with Gasteiger partial charge in [-0.15, -0.1) is 0 Å². The average Bonchev–Trinajstić information content (AvgIpc) is 3.31. The molecule has 0 spiro atoms. The highest BCUT2D eigenvalue weighted by Gasteiger charge is 2.19. The predicted molar refractivity (Wildman–Crippen MR) is 283 cm³/mol. The third-order valence-electron chi connectivity index (χ3n) is 10.8. The Labute approximate surface area is 405 Å². The molecule has 1 atom stereocenters. The van der Waals surface area contributed by atoms with Crippen molar-refractivity contribution in [3.63, 3.8) is 0 Å². The van der Waals surface area contributed by atoms with Crippen LogP contribution >= 0.6 is 0 Å². The quantitative estimate of drug-likeness (QED) is 0.0199. The molecule has 6 heteroatoms. The number of ether oxygens (including phenoxy) is 3. The second-order valence-electron chi connectivity index (χ2n) is 17.2. The van der Waals surface area contributed by atoms with Gasteiger partial charge in [0.2, 0.25) is 0 Å². The molecule has 0 aromatic heterocycles. The maximum absolute atomic E-state index is 12.8. The Kier molecular flexibility index (Phi) is 50.0. The molecular weight excluding hydrogens is 817 g/mol. The summed E-state index contributed by atoms with van der Waals surface area (Å²) in [6, 6.07) is 0. The third-order valence-corrected chi connectivity index (χ3v) is 10.8. The Balaban J connectivity index is 4.56. The molecule has 0 saturated carbocycles. The first-order chi connectivity index (χ1) is 32.5. The standard InChI is InChI=1S/C60H96O6/c1-4-7-10-13-16-19-22-25-27-29-31-32-35-38-41-44-47-50-53-59(62)65-56-57(55-64-58(61)52-49-46-43-40-37-34-24-21-18-15-12-9-6-3)66-60(63)54-51-48-45-42-39-36-33-30-28-26-23-20-17-14-11-8-5-2/h9,12,15,17-18,20-21,24,26-29,31-34,36-37,42,45,57H,4-8,10-11,13-14,16,19,22-23,25,30,35,38-41,43-44,46-56H2,1-3H3/b12-9-,18-15-,20-17-,24-21-,28-26-,29-27-,32-31-,36-33-,37-34-,45-42-. The molecule has 0 aromatic carbocycles. The maximum atomic E-state index is 12.8. The van der Waals surface area contributed by atoms with Crippen molar-refractivity contribution >= 4 is 17.9 Å². The fourth-order valence-corrected chi connectivity index (χ4v) is 6.79. The molecule has 1 unspecified atom stereocenters. The van der Waals surface area contributed by atoms with Gasteiger partial charge in [0, 0.05) is 19.3 Å². The Morgan fingerprint density at radius 1 is 0.333 bits per heavy atom. The summed E-state index contributed by atoms with van der Waals surface area (Å²) in [4.78, 5) is 38.0. The van der Waals surface area contributed by atoms with Crippen LogP contribution in [-0.2, 0) is 28.6 Å². The molecule has 0 aliphatic heterocycles. The first-order valence-corrected chi connectivity index (χ1v) is 26.6. The van der Waals surface area contributed by atoms with Gasteiger partial charge in [-0.25, -0.2) is 0 Å². The minimum absolute atomic E-state index is 0.124. The zero-order valence-electron chi connectivity index (χ0n) is 42.4. The van der Waals surface area contributed by atoms with Crippen LogP contribution in [-0.4, -0.2) is 37.2 Å². The molecule has 0 bridgehead atoms. The van der Waals surface area contributed by atoms with E-state index in [1.165, 1.54) is 77.0 Å². The molecule has 6 nitrogen and oxygen atoms in total. The van der Waals surface area contributed by atoms with E-state index in [-0.39, 0.29) is 37.5 Å². The lowest BCUT2D eigenvalue weighted by atomic mass is 10.1. The van der Waals surface area contributed by atoms with Crippen molar-refractivity contribution in [2.45, 2.75) is 226 Å². The van der Waals surface area contributed by atoms with Crippen molar-refractivity contribution in [3.8, 4) is 0 Å². The highest BCUT2D eigenvalue weighted by molar-refractivity contribution is 5.71. The van der Waals surface area contributed by atoms with Crippen LogP contribution in [0.4, 0.5) is 0 Å². The molecule has 66 heavy (non-hydrogen) atoms. The highest BCUT2D eigenvalue weighted by Crippen LogP contribution is 2.12. The Morgan fingerprint density at radius 2 is 0.667 bits per heavy atom. The van der Waals surface area contributed by atoms with E-state index >= 15 is 0 Å². The number of hydrogen-bond acceptors (Lipinski definition) is 6. The first kappa shape index (κ1) is 61.8. The Bertz CT molecular complexity index is 1420. The van der Waals surface area contributed by atoms with Crippen LogP contribution in [0, 0.1) is 0 Å². The van der Waals surface area contributed by atoms with Crippen LogP contribution < -0.4 is 0 Å². The molecule has 0 fully saturated rings. The number of rotatable bonds is 46. The SMILES string of the molecule is CC\C=C/C=C\C=C/C=C\CCCCCC(=O)OCC(COC(=O)CCCCCCC/C=C\C=C/CCCCCCCCC)OC(=O)CCC/C=C\C/C=C\C/C=C\C/C=C\CCCCC. The summed E-state index contributed by atoms with van der Waals surface area (Å²) < 4.78 is 16.7. The van der Waals surface area contributed by atoms with Gasteiger partial charge in [0.15, 0.2) is 6.10 Å². The van der Waals surface area contributed by atoms with E-state index in [0.29, 0.717) is 19.3 Å². The summed E-state index contributed by atoms with van der Waals surface area (Å²) in [7, 11) is 0. The van der Waals surface area contributed by atoms with Gasteiger partial charge in [-0.05, 0) is 103 Å². The minimum Gasteiger partial charge on any atom is -0.462 e. The molecule has 0 amide bonds. The van der Waals surface area contributed by atoms with Crippen molar-refractivity contribution in [2.75, 3.05) is 13.2 Å². The van der Waals surface area contributed by atoms with Crippen molar-refractivity contribution < 1.29 is 28.6 Å². The zero-order chi connectivity index (χ0) is 47.9. The summed E-state index contributed by atoms with van der Waals surface area (Å²) >= 11 is 0. The molecule has 0 heterocycles.